The summed E-state index contributed by atoms with van der Waals surface area (Å²) in [6.07, 6.45) is 0.818. The second kappa shape index (κ2) is 5.85. The lowest BCUT2D eigenvalue weighted by atomic mass is 10.1. The first-order valence-electron chi connectivity index (χ1n) is 6.06. The van der Waals surface area contributed by atoms with E-state index in [1.54, 1.807) is 0 Å². The normalized spacial score (nSPS) is 20.6. The van der Waals surface area contributed by atoms with Gasteiger partial charge in [-0.1, -0.05) is 22.0 Å². The predicted molar refractivity (Wildman–Crippen MR) is 74.6 cm³/mol. The van der Waals surface area contributed by atoms with Gasteiger partial charge in [-0.2, -0.15) is 0 Å². The molecule has 0 aliphatic carbocycles. The molecular weight excluding hydrogens is 280 g/mol. The first-order valence-corrected chi connectivity index (χ1v) is 6.86. The molecule has 17 heavy (non-hydrogen) atoms. The number of halogens is 1. The molecule has 0 saturated carbocycles. The SMILES string of the molecule is Cc1ccc(N2CCNCC2CCO)cc1Br. The summed E-state index contributed by atoms with van der Waals surface area (Å²) in [5.74, 6) is 0. The zero-order valence-electron chi connectivity index (χ0n) is 10.1. The Labute approximate surface area is 111 Å². The Morgan fingerprint density at radius 2 is 2.35 bits per heavy atom. The minimum absolute atomic E-state index is 0.246. The molecule has 0 aromatic heterocycles. The van der Waals surface area contributed by atoms with Crippen molar-refractivity contribution in [3.05, 3.63) is 28.2 Å². The number of aliphatic hydroxyl groups is 1. The van der Waals surface area contributed by atoms with Crippen LogP contribution >= 0.6 is 15.9 Å². The molecule has 1 aromatic carbocycles. The Balaban J connectivity index is 2.20. The van der Waals surface area contributed by atoms with Gasteiger partial charge >= 0.3 is 0 Å². The minimum atomic E-state index is 0.246. The van der Waals surface area contributed by atoms with Crippen molar-refractivity contribution < 1.29 is 5.11 Å². The molecule has 0 amide bonds. The standard InChI is InChI=1S/C13H19BrN2O/c1-10-2-3-11(8-13(10)14)16-6-5-15-9-12(16)4-7-17/h2-3,8,12,15,17H,4-7,9H2,1H3. The van der Waals surface area contributed by atoms with Gasteiger partial charge in [0.05, 0.1) is 0 Å². The van der Waals surface area contributed by atoms with Gasteiger partial charge < -0.3 is 15.3 Å². The summed E-state index contributed by atoms with van der Waals surface area (Å²) in [4.78, 5) is 2.39. The topological polar surface area (TPSA) is 35.5 Å². The molecule has 94 valence electrons. The highest BCUT2D eigenvalue weighted by atomic mass is 79.9. The maximum absolute atomic E-state index is 9.12. The molecule has 1 atom stereocenters. The molecule has 2 N–H and O–H groups in total. The first kappa shape index (κ1) is 12.9. The van der Waals surface area contributed by atoms with Gasteiger partial charge in [0, 0.05) is 42.4 Å². The number of nitrogens with zero attached hydrogens (tertiary/aromatic N) is 1. The summed E-state index contributed by atoms with van der Waals surface area (Å²) in [6, 6.07) is 6.86. The second-order valence-corrected chi connectivity index (χ2v) is 5.35. The Morgan fingerprint density at radius 3 is 3.06 bits per heavy atom. The predicted octanol–water partition coefficient (Wildman–Crippen LogP) is 1.92. The molecule has 1 aliphatic rings. The molecule has 4 heteroatoms. The van der Waals surface area contributed by atoms with Crippen LogP contribution in [0.25, 0.3) is 0 Å². The Kier molecular flexibility index (Phi) is 4.42. The van der Waals surface area contributed by atoms with E-state index in [0.717, 1.165) is 30.5 Å². The molecule has 1 heterocycles. The average Bonchev–Trinajstić information content (AvgIpc) is 2.34. The van der Waals surface area contributed by atoms with Crippen LogP contribution in [-0.4, -0.2) is 37.4 Å². The molecule has 1 unspecified atom stereocenters. The maximum Gasteiger partial charge on any atom is 0.0451 e. The quantitative estimate of drug-likeness (QED) is 0.895. The summed E-state index contributed by atoms with van der Waals surface area (Å²) < 4.78 is 1.15. The molecule has 0 spiro atoms. The van der Waals surface area contributed by atoms with Gasteiger partial charge in [0.1, 0.15) is 0 Å². The van der Waals surface area contributed by atoms with Crippen LogP contribution < -0.4 is 10.2 Å². The van der Waals surface area contributed by atoms with E-state index in [1.165, 1.54) is 11.3 Å². The Bertz CT molecular complexity index is 382. The van der Waals surface area contributed by atoms with Crippen molar-refractivity contribution >= 4 is 21.6 Å². The van der Waals surface area contributed by atoms with E-state index in [4.69, 9.17) is 5.11 Å². The third-order valence-corrected chi connectivity index (χ3v) is 4.15. The van der Waals surface area contributed by atoms with E-state index >= 15 is 0 Å². The molecule has 1 saturated heterocycles. The summed E-state index contributed by atoms with van der Waals surface area (Å²) in [6.45, 7) is 5.30. The Morgan fingerprint density at radius 1 is 1.53 bits per heavy atom. The molecule has 1 fully saturated rings. The fourth-order valence-corrected chi connectivity index (χ4v) is 2.63. The zero-order valence-corrected chi connectivity index (χ0v) is 11.7. The highest BCUT2D eigenvalue weighted by Crippen LogP contribution is 2.26. The molecule has 3 nitrogen and oxygen atoms in total. The van der Waals surface area contributed by atoms with Crippen LogP contribution in [0.2, 0.25) is 0 Å². The molecule has 1 aromatic rings. The van der Waals surface area contributed by atoms with Crippen molar-refractivity contribution in [2.24, 2.45) is 0 Å². The number of piperazine rings is 1. The highest BCUT2D eigenvalue weighted by Gasteiger charge is 2.22. The highest BCUT2D eigenvalue weighted by molar-refractivity contribution is 9.10. The molecule has 2 rings (SSSR count). The fraction of sp³-hybridized carbons (Fsp3) is 0.538. The number of hydrogen-bond acceptors (Lipinski definition) is 3. The van der Waals surface area contributed by atoms with Gasteiger partial charge in [-0.05, 0) is 31.0 Å². The second-order valence-electron chi connectivity index (χ2n) is 4.50. The van der Waals surface area contributed by atoms with E-state index in [9.17, 15) is 0 Å². The van der Waals surface area contributed by atoms with Crippen molar-refractivity contribution in [2.75, 3.05) is 31.1 Å². The van der Waals surface area contributed by atoms with E-state index < -0.39 is 0 Å². The van der Waals surface area contributed by atoms with Gasteiger partial charge in [-0.3, -0.25) is 0 Å². The van der Waals surface area contributed by atoms with Gasteiger partial charge in [0.25, 0.3) is 0 Å². The van der Waals surface area contributed by atoms with Gasteiger partial charge in [0.15, 0.2) is 0 Å². The number of hydrogen-bond donors (Lipinski definition) is 2. The van der Waals surface area contributed by atoms with Gasteiger partial charge in [0.2, 0.25) is 0 Å². The number of nitrogens with one attached hydrogen (secondary N) is 1. The maximum atomic E-state index is 9.12. The van der Waals surface area contributed by atoms with Crippen molar-refractivity contribution in [1.29, 1.82) is 0 Å². The fourth-order valence-electron chi connectivity index (χ4n) is 2.27. The summed E-state index contributed by atoms with van der Waals surface area (Å²) in [7, 11) is 0. The van der Waals surface area contributed by atoms with E-state index in [2.05, 4.69) is 51.3 Å². The lowest BCUT2D eigenvalue weighted by Gasteiger charge is -2.38. The largest absolute Gasteiger partial charge is 0.396 e. The van der Waals surface area contributed by atoms with Crippen LogP contribution in [0.15, 0.2) is 22.7 Å². The van der Waals surface area contributed by atoms with E-state index in [0.29, 0.717) is 6.04 Å². The van der Waals surface area contributed by atoms with Gasteiger partial charge in [-0.25, -0.2) is 0 Å². The minimum Gasteiger partial charge on any atom is -0.396 e. The van der Waals surface area contributed by atoms with Crippen molar-refractivity contribution in [1.82, 2.24) is 5.32 Å². The monoisotopic (exact) mass is 298 g/mol. The zero-order chi connectivity index (χ0) is 12.3. The third kappa shape index (κ3) is 3.00. The number of aryl methyl sites for hydroxylation is 1. The summed E-state index contributed by atoms with van der Waals surface area (Å²) >= 11 is 3.58. The average molecular weight is 299 g/mol. The van der Waals surface area contributed by atoms with Gasteiger partial charge in [-0.15, -0.1) is 0 Å². The van der Waals surface area contributed by atoms with Crippen LogP contribution in [0, 0.1) is 6.92 Å². The van der Waals surface area contributed by atoms with Crippen LogP contribution in [0.5, 0.6) is 0 Å². The lowest BCUT2D eigenvalue weighted by molar-refractivity contribution is 0.266. The van der Waals surface area contributed by atoms with E-state index in [1.807, 2.05) is 0 Å². The smallest absolute Gasteiger partial charge is 0.0451 e. The van der Waals surface area contributed by atoms with Crippen LogP contribution in [0.3, 0.4) is 0 Å². The van der Waals surface area contributed by atoms with Crippen LogP contribution in [-0.2, 0) is 0 Å². The number of aliphatic hydroxyl groups excluding tert-OH is 1. The number of benzene rings is 1. The molecule has 0 radical (unpaired) electrons. The van der Waals surface area contributed by atoms with E-state index in [-0.39, 0.29) is 6.61 Å². The molecule has 1 aliphatic heterocycles. The number of rotatable bonds is 3. The van der Waals surface area contributed by atoms with Crippen LogP contribution in [0.4, 0.5) is 5.69 Å². The Hall–Kier alpha value is -0.580. The lowest BCUT2D eigenvalue weighted by Crippen LogP contribution is -2.51. The van der Waals surface area contributed by atoms with Crippen LogP contribution in [0.1, 0.15) is 12.0 Å². The third-order valence-electron chi connectivity index (χ3n) is 3.30. The van der Waals surface area contributed by atoms with Crippen molar-refractivity contribution in [3.8, 4) is 0 Å². The first-order chi connectivity index (χ1) is 8.22. The molecular formula is C13H19BrN2O. The summed E-state index contributed by atoms with van der Waals surface area (Å²) in [5, 5.41) is 12.5. The van der Waals surface area contributed by atoms with Crippen molar-refractivity contribution in [2.45, 2.75) is 19.4 Å². The van der Waals surface area contributed by atoms with Crippen molar-refractivity contribution in [3.63, 3.8) is 0 Å². The number of anilines is 1. The molecule has 0 bridgehead atoms. The summed E-state index contributed by atoms with van der Waals surface area (Å²) in [5.41, 5.74) is 2.49.